The number of nitrogens with zero attached hydrogens (tertiary/aromatic N) is 4. The predicted molar refractivity (Wildman–Crippen MR) is 109 cm³/mol. The first kappa shape index (κ1) is 20.8. The van der Waals surface area contributed by atoms with E-state index in [1.165, 1.54) is 0 Å². The molecule has 0 radical (unpaired) electrons. The van der Waals surface area contributed by atoms with Crippen molar-refractivity contribution in [2.75, 3.05) is 11.9 Å². The summed E-state index contributed by atoms with van der Waals surface area (Å²) in [6.07, 6.45) is 2.21. The summed E-state index contributed by atoms with van der Waals surface area (Å²) in [5.74, 6) is -0.0706. The maximum atomic E-state index is 12.9. The fraction of sp³-hybridized carbons (Fsp3) is 0.333. The number of carbonyl (C=O) groups is 1. The first-order chi connectivity index (χ1) is 14.8. The SMILES string of the molecule is Cc1cc(Nc2nccc(C(F)(F)F)n2)cc(-c2cnn([C@@H]3CCNC(=O)CC3)c2)c1. The molecular weight excluding hydrogens is 409 g/mol. The van der Waals surface area contributed by atoms with Crippen LogP contribution >= 0.6 is 0 Å². The fourth-order valence-corrected chi connectivity index (χ4v) is 3.59. The van der Waals surface area contributed by atoms with E-state index in [2.05, 4.69) is 25.7 Å². The Kier molecular flexibility index (Phi) is 5.62. The molecule has 0 spiro atoms. The molecule has 7 nitrogen and oxygen atoms in total. The molecule has 10 heteroatoms. The summed E-state index contributed by atoms with van der Waals surface area (Å²) in [6, 6.07) is 6.56. The molecule has 31 heavy (non-hydrogen) atoms. The third-order valence-electron chi connectivity index (χ3n) is 5.09. The summed E-state index contributed by atoms with van der Waals surface area (Å²) in [5, 5.41) is 10.2. The van der Waals surface area contributed by atoms with Gasteiger partial charge in [-0.3, -0.25) is 9.48 Å². The lowest BCUT2D eigenvalue weighted by Gasteiger charge is -2.13. The first-order valence-electron chi connectivity index (χ1n) is 9.88. The minimum absolute atomic E-state index is 0.0566. The van der Waals surface area contributed by atoms with Crippen LogP contribution in [0.3, 0.4) is 0 Å². The topological polar surface area (TPSA) is 84.7 Å². The Bertz CT molecular complexity index is 1090. The van der Waals surface area contributed by atoms with Crippen molar-refractivity contribution in [3.8, 4) is 11.1 Å². The maximum absolute atomic E-state index is 12.9. The average molecular weight is 430 g/mol. The van der Waals surface area contributed by atoms with E-state index in [1.807, 2.05) is 29.9 Å². The van der Waals surface area contributed by atoms with Crippen LogP contribution in [0.1, 0.15) is 36.6 Å². The van der Waals surface area contributed by atoms with E-state index >= 15 is 0 Å². The molecule has 1 fully saturated rings. The van der Waals surface area contributed by atoms with Gasteiger partial charge in [-0.05, 0) is 49.1 Å². The number of nitrogens with one attached hydrogen (secondary N) is 2. The molecule has 1 saturated heterocycles. The van der Waals surface area contributed by atoms with E-state index in [4.69, 9.17) is 0 Å². The molecule has 1 aliphatic heterocycles. The van der Waals surface area contributed by atoms with Gasteiger partial charge in [0.2, 0.25) is 11.9 Å². The van der Waals surface area contributed by atoms with E-state index in [0.717, 1.165) is 41.8 Å². The second-order valence-corrected chi connectivity index (χ2v) is 7.52. The monoisotopic (exact) mass is 430 g/mol. The lowest BCUT2D eigenvalue weighted by Crippen LogP contribution is -2.21. The molecule has 2 N–H and O–H groups in total. The van der Waals surface area contributed by atoms with Crippen molar-refractivity contribution in [2.24, 2.45) is 0 Å². The molecular formula is C21H21F3N6O. The van der Waals surface area contributed by atoms with Crippen molar-refractivity contribution >= 4 is 17.5 Å². The number of anilines is 2. The van der Waals surface area contributed by atoms with Crippen LogP contribution < -0.4 is 10.6 Å². The normalized spacial score (nSPS) is 17.2. The Morgan fingerprint density at radius 2 is 2.03 bits per heavy atom. The zero-order valence-corrected chi connectivity index (χ0v) is 16.8. The van der Waals surface area contributed by atoms with Gasteiger partial charge in [-0.15, -0.1) is 0 Å². The van der Waals surface area contributed by atoms with E-state index in [1.54, 1.807) is 12.3 Å². The number of hydrogen-bond acceptors (Lipinski definition) is 5. The van der Waals surface area contributed by atoms with Gasteiger partial charge in [0.1, 0.15) is 5.69 Å². The smallest absolute Gasteiger partial charge is 0.356 e. The predicted octanol–water partition coefficient (Wildman–Crippen LogP) is 4.25. The number of halogens is 3. The molecule has 0 aliphatic carbocycles. The van der Waals surface area contributed by atoms with Gasteiger partial charge in [0.25, 0.3) is 0 Å². The highest BCUT2D eigenvalue weighted by Crippen LogP contribution is 2.30. The summed E-state index contributed by atoms with van der Waals surface area (Å²) in [5.41, 5.74) is 2.23. The molecule has 3 aromatic rings. The van der Waals surface area contributed by atoms with E-state index in [9.17, 15) is 18.0 Å². The van der Waals surface area contributed by atoms with E-state index < -0.39 is 11.9 Å². The van der Waals surface area contributed by atoms with Gasteiger partial charge in [-0.2, -0.15) is 18.3 Å². The van der Waals surface area contributed by atoms with Crippen LogP contribution in [-0.2, 0) is 11.0 Å². The zero-order chi connectivity index (χ0) is 22.0. The number of aromatic nitrogens is 4. The summed E-state index contributed by atoms with van der Waals surface area (Å²) in [7, 11) is 0. The van der Waals surface area contributed by atoms with Gasteiger partial charge < -0.3 is 10.6 Å². The highest BCUT2D eigenvalue weighted by atomic mass is 19.4. The van der Waals surface area contributed by atoms with Gasteiger partial charge in [-0.25, -0.2) is 9.97 Å². The second kappa shape index (κ2) is 8.37. The molecule has 0 saturated carbocycles. The molecule has 1 atom stereocenters. The molecule has 4 rings (SSSR count). The molecule has 1 amide bonds. The largest absolute Gasteiger partial charge is 0.433 e. The minimum atomic E-state index is -4.54. The van der Waals surface area contributed by atoms with Gasteiger partial charge in [0, 0.05) is 36.6 Å². The quantitative estimate of drug-likeness (QED) is 0.646. The number of carbonyl (C=O) groups excluding carboxylic acids is 1. The van der Waals surface area contributed by atoms with Crippen LogP contribution in [0.15, 0.2) is 42.9 Å². The molecule has 0 unspecified atom stereocenters. The van der Waals surface area contributed by atoms with Crippen molar-refractivity contribution in [3.05, 3.63) is 54.1 Å². The summed E-state index contributed by atoms with van der Waals surface area (Å²) in [4.78, 5) is 19.0. The molecule has 1 aliphatic rings. The van der Waals surface area contributed by atoms with Crippen molar-refractivity contribution in [1.82, 2.24) is 25.1 Å². The molecule has 162 valence electrons. The summed E-state index contributed by atoms with van der Waals surface area (Å²) >= 11 is 0. The van der Waals surface area contributed by atoms with Crippen molar-refractivity contribution in [2.45, 2.75) is 38.4 Å². The Balaban J connectivity index is 1.56. The number of alkyl halides is 3. The zero-order valence-electron chi connectivity index (χ0n) is 16.8. The third kappa shape index (κ3) is 5.01. The number of rotatable bonds is 4. The van der Waals surface area contributed by atoms with Crippen LogP contribution in [0, 0.1) is 6.92 Å². The maximum Gasteiger partial charge on any atom is 0.433 e. The van der Waals surface area contributed by atoms with Crippen LogP contribution in [0.4, 0.5) is 24.8 Å². The molecule has 0 bridgehead atoms. The van der Waals surface area contributed by atoms with Gasteiger partial charge >= 0.3 is 6.18 Å². The average Bonchev–Trinajstić information content (AvgIpc) is 3.10. The molecule has 3 heterocycles. The van der Waals surface area contributed by atoms with Crippen LogP contribution in [-0.4, -0.2) is 32.2 Å². The number of hydrogen-bond donors (Lipinski definition) is 2. The summed E-state index contributed by atoms with van der Waals surface area (Å²) < 4.78 is 40.6. The van der Waals surface area contributed by atoms with Gasteiger partial charge in [0.15, 0.2) is 0 Å². The van der Waals surface area contributed by atoms with Gasteiger partial charge in [0.05, 0.1) is 12.2 Å². The first-order valence-corrected chi connectivity index (χ1v) is 9.88. The molecule has 2 aromatic heterocycles. The van der Waals surface area contributed by atoms with E-state index in [0.29, 0.717) is 18.7 Å². The Morgan fingerprint density at radius 1 is 1.19 bits per heavy atom. The number of benzene rings is 1. The lowest BCUT2D eigenvalue weighted by molar-refractivity contribution is -0.141. The Labute approximate surface area is 176 Å². The standard InChI is InChI=1S/C21H21F3N6O/c1-13-8-14(15-11-27-30(12-15)17-2-3-19(31)25-6-4-17)10-16(9-13)28-20-26-7-5-18(29-20)21(22,23)24/h5,7-12,17H,2-4,6H2,1H3,(H,25,31)(H,26,28,29)/t17-/m0/s1. The number of amides is 1. The van der Waals surface area contributed by atoms with Gasteiger partial charge in [-0.1, -0.05) is 6.07 Å². The van der Waals surface area contributed by atoms with Crippen LogP contribution in [0.2, 0.25) is 0 Å². The van der Waals surface area contributed by atoms with E-state index in [-0.39, 0.29) is 17.9 Å². The van der Waals surface area contributed by atoms with Crippen molar-refractivity contribution < 1.29 is 18.0 Å². The second-order valence-electron chi connectivity index (χ2n) is 7.52. The molecule has 1 aromatic carbocycles. The highest BCUT2D eigenvalue weighted by Gasteiger charge is 2.32. The fourth-order valence-electron chi connectivity index (χ4n) is 3.59. The third-order valence-corrected chi connectivity index (χ3v) is 5.09. The van der Waals surface area contributed by atoms with Crippen molar-refractivity contribution in [1.29, 1.82) is 0 Å². The van der Waals surface area contributed by atoms with Crippen LogP contribution in [0.5, 0.6) is 0 Å². The Morgan fingerprint density at radius 3 is 2.84 bits per heavy atom. The summed E-state index contributed by atoms with van der Waals surface area (Å²) in [6.45, 7) is 2.52. The minimum Gasteiger partial charge on any atom is -0.356 e. The van der Waals surface area contributed by atoms with Crippen LogP contribution in [0.25, 0.3) is 11.1 Å². The van der Waals surface area contributed by atoms with Crippen molar-refractivity contribution in [3.63, 3.8) is 0 Å². The highest BCUT2D eigenvalue weighted by molar-refractivity contribution is 5.76. The Hall–Kier alpha value is -3.43. The lowest BCUT2D eigenvalue weighted by atomic mass is 10.1. The number of aryl methyl sites for hydroxylation is 1.